The lowest BCUT2D eigenvalue weighted by Gasteiger charge is -2.19. The lowest BCUT2D eigenvalue weighted by molar-refractivity contribution is 0.0523. The second kappa shape index (κ2) is 15.4. The minimum atomic E-state index is -0.540. The first-order valence-electron chi connectivity index (χ1n) is 9.47. The zero-order valence-corrected chi connectivity index (χ0v) is 23.1. The van der Waals surface area contributed by atoms with Gasteiger partial charge in [-0.2, -0.15) is 0 Å². The van der Waals surface area contributed by atoms with Gasteiger partial charge in [-0.15, -0.1) is 30.6 Å². The van der Waals surface area contributed by atoms with Crippen LogP contribution < -0.4 is 11.1 Å². The van der Waals surface area contributed by atoms with Gasteiger partial charge in [0.25, 0.3) is 0 Å². The molecule has 35 heavy (non-hydrogen) atoms. The van der Waals surface area contributed by atoms with Gasteiger partial charge in [0.2, 0.25) is 0 Å². The second-order valence-corrected chi connectivity index (χ2v) is 9.47. The number of nitrogens with one attached hydrogen (secondary N) is 1. The molecule has 3 rings (SSSR count). The molecule has 1 amide bonds. The zero-order valence-electron chi connectivity index (χ0n) is 18.6. The maximum atomic E-state index is 11.4. The van der Waals surface area contributed by atoms with E-state index in [-0.39, 0.29) is 16.9 Å². The van der Waals surface area contributed by atoms with Crippen molar-refractivity contribution in [3.05, 3.63) is 66.3 Å². The molecule has 0 saturated carbocycles. The fourth-order valence-corrected chi connectivity index (χ4v) is 2.69. The molecule has 0 aromatic carbocycles. The van der Waals surface area contributed by atoms with Crippen molar-refractivity contribution in [2.75, 3.05) is 0 Å². The molecule has 3 aromatic heterocycles. The van der Waals surface area contributed by atoms with Crippen LogP contribution in [-0.4, -0.2) is 42.3 Å². The molecular weight excluding hydrogens is 585 g/mol. The summed E-state index contributed by atoms with van der Waals surface area (Å²) in [5, 5.41) is 25.5. The summed E-state index contributed by atoms with van der Waals surface area (Å²) < 4.78 is 5.07. The number of carbonyl (C=O) groups excluding carboxylic acids is 1. The van der Waals surface area contributed by atoms with Crippen LogP contribution in [0.25, 0.3) is 0 Å². The van der Waals surface area contributed by atoms with Crippen molar-refractivity contribution in [1.29, 1.82) is 0 Å². The van der Waals surface area contributed by atoms with Crippen LogP contribution in [0, 0.1) is 0 Å². The van der Waals surface area contributed by atoms with E-state index >= 15 is 0 Å². The van der Waals surface area contributed by atoms with Crippen LogP contribution in [0.3, 0.4) is 0 Å². The molecule has 0 bridgehead atoms. The molecule has 0 atom stereocenters. The number of rotatable bonds is 3. The Hall–Kier alpha value is -1.79. The molecule has 190 valence electrons. The Labute approximate surface area is 231 Å². The maximum absolute atomic E-state index is 11.4. The van der Waals surface area contributed by atoms with Gasteiger partial charge in [0.1, 0.15) is 5.60 Å². The maximum Gasteiger partial charge on any atom is 0.407 e. The fraction of sp³-hybridized carbons (Fsp3) is 0.316. The molecular formula is C19H20Cl6N8O2. The molecule has 10 nitrogen and oxygen atoms in total. The number of alkyl carbamates (subject to hydrolysis) is 1. The van der Waals surface area contributed by atoms with Gasteiger partial charge in [-0.05, 0) is 45.0 Å². The number of carbonyl (C=O) groups is 1. The van der Waals surface area contributed by atoms with Crippen LogP contribution in [0.1, 0.15) is 31.9 Å². The van der Waals surface area contributed by atoms with Crippen molar-refractivity contribution in [2.24, 2.45) is 5.73 Å². The highest BCUT2D eigenvalue weighted by atomic mass is 35.5. The van der Waals surface area contributed by atoms with Crippen LogP contribution >= 0.6 is 69.6 Å². The van der Waals surface area contributed by atoms with Crippen LogP contribution in [0.15, 0.2) is 24.3 Å². The second-order valence-electron chi connectivity index (χ2n) is 7.20. The lowest BCUT2D eigenvalue weighted by atomic mass is 10.2. The highest BCUT2D eigenvalue weighted by Gasteiger charge is 2.16. The summed E-state index contributed by atoms with van der Waals surface area (Å²) in [4.78, 5) is 11.4. The van der Waals surface area contributed by atoms with E-state index in [2.05, 4.69) is 35.9 Å². The average molecular weight is 605 g/mol. The molecule has 3 aromatic rings. The Balaban J connectivity index is 0.000000287. The lowest BCUT2D eigenvalue weighted by Crippen LogP contribution is -2.32. The number of nitrogens with two attached hydrogens (primary N) is 1. The Morgan fingerprint density at radius 2 is 1.23 bits per heavy atom. The molecule has 0 unspecified atom stereocenters. The van der Waals surface area contributed by atoms with Gasteiger partial charge >= 0.3 is 6.09 Å². The van der Waals surface area contributed by atoms with Gasteiger partial charge in [-0.25, -0.2) is 4.79 Å². The van der Waals surface area contributed by atoms with Gasteiger partial charge in [-0.3, -0.25) is 0 Å². The largest absolute Gasteiger partial charge is 0.444 e. The van der Waals surface area contributed by atoms with Crippen LogP contribution in [0.2, 0.25) is 30.9 Å². The standard InChI is InChI=1S/C10H13Cl2N3O2.C5H5Cl2N3.C4H2Cl2N2/c1-10(2,3)17-9(16)13-5-6-4-7(11)14-15-8(6)12;6-4-1-3(2-8)5(7)10-9-4;5-3-1-2-4(6)8-7-3/h4H,5H2,1-3H3,(H,13,16);1H,2,8H2;1-2H. The first-order chi connectivity index (χ1) is 16.3. The molecule has 3 N–H and O–H groups in total. The van der Waals surface area contributed by atoms with Crippen molar-refractivity contribution in [3.8, 4) is 0 Å². The van der Waals surface area contributed by atoms with Gasteiger partial charge < -0.3 is 15.8 Å². The van der Waals surface area contributed by atoms with Gasteiger partial charge in [-0.1, -0.05) is 69.6 Å². The normalized spacial score (nSPS) is 10.3. The first-order valence-corrected chi connectivity index (χ1v) is 11.7. The van der Waals surface area contributed by atoms with Crippen molar-refractivity contribution < 1.29 is 9.53 Å². The molecule has 3 heterocycles. The molecule has 0 aliphatic carbocycles. The van der Waals surface area contributed by atoms with E-state index in [9.17, 15) is 4.79 Å². The third-order valence-corrected chi connectivity index (χ3v) is 4.63. The molecule has 0 aliphatic rings. The fourth-order valence-electron chi connectivity index (χ4n) is 1.82. The van der Waals surface area contributed by atoms with E-state index in [1.165, 1.54) is 6.07 Å². The Morgan fingerprint density at radius 1 is 0.800 bits per heavy atom. The highest BCUT2D eigenvalue weighted by molar-refractivity contribution is 6.32. The Bertz CT molecular complexity index is 1080. The van der Waals surface area contributed by atoms with Gasteiger partial charge in [0.15, 0.2) is 30.9 Å². The van der Waals surface area contributed by atoms with E-state index in [4.69, 9.17) is 80.1 Å². The molecule has 0 spiro atoms. The van der Waals surface area contributed by atoms with E-state index in [1.807, 2.05) is 0 Å². The molecule has 0 radical (unpaired) electrons. The SMILES string of the molecule is CC(C)(C)OC(=O)NCc1cc(Cl)nnc1Cl.Clc1ccc(Cl)nn1.NCc1cc(Cl)nnc1Cl. The molecule has 0 aliphatic heterocycles. The van der Waals surface area contributed by atoms with Crippen molar-refractivity contribution >= 4 is 75.7 Å². The predicted octanol–water partition coefficient (Wildman–Crippen LogP) is 5.83. The third kappa shape index (κ3) is 13.8. The summed E-state index contributed by atoms with van der Waals surface area (Å²) in [5.74, 6) is 0. The summed E-state index contributed by atoms with van der Waals surface area (Å²) in [6.45, 7) is 5.86. The van der Waals surface area contributed by atoms with Crippen molar-refractivity contribution in [1.82, 2.24) is 35.9 Å². The minimum absolute atomic E-state index is 0.184. The van der Waals surface area contributed by atoms with Crippen LogP contribution in [0.5, 0.6) is 0 Å². The quantitative estimate of drug-likeness (QED) is 0.377. The molecule has 0 saturated heterocycles. The molecule has 0 fully saturated rings. The van der Waals surface area contributed by atoms with Gasteiger partial charge in [0.05, 0.1) is 0 Å². The van der Waals surface area contributed by atoms with E-state index < -0.39 is 11.7 Å². The Morgan fingerprint density at radius 3 is 1.63 bits per heavy atom. The first kappa shape index (κ1) is 31.2. The predicted molar refractivity (Wildman–Crippen MR) is 137 cm³/mol. The number of ether oxygens (including phenoxy) is 1. The summed E-state index contributed by atoms with van der Waals surface area (Å²) in [6, 6.07) is 6.29. The summed E-state index contributed by atoms with van der Waals surface area (Å²) in [5.41, 5.74) is 6.06. The zero-order chi connectivity index (χ0) is 26.6. The van der Waals surface area contributed by atoms with Crippen LogP contribution in [-0.2, 0) is 17.8 Å². The van der Waals surface area contributed by atoms with Crippen LogP contribution in [0.4, 0.5) is 4.79 Å². The number of nitrogens with zero attached hydrogens (tertiary/aromatic N) is 6. The van der Waals surface area contributed by atoms with E-state index in [0.717, 1.165) is 0 Å². The molecule has 16 heteroatoms. The summed E-state index contributed by atoms with van der Waals surface area (Å²) in [6.07, 6.45) is -0.526. The van der Waals surface area contributed by atoms with E-state index in [0.29, 0.717) is 38.3 Å². The number of amides is 1. The number of aromatic nitrogens is 6. The number of halogens is 6. The topological polar surface area (TPSA) is 142 Å². The smallest absolute Gasteiger partial charge is 0.407 e. The number of hydrogen-bond acceptors (Lipinski definition) is 9. The number of hydrogen-bond donors (Lipinski definition) is 2. The van der Waals surface area contributed by atoms with E-state index in [1.54, 1.807) is 39.0 Å². The summed E-state index contributed by atoms with van der Waals surface area (Å²) >= 11 is 33.3. The van der Waals surface area contributed by atoms with Crippen molar-refractivity contribution in [2.45, 2.75) is 39.5 Å². The third-order valence-electron chi connectivity index (χ3n) is 3.22. The monoisotopic (exact) mass is 602 g/mol. The Kier molecular flexibility index (Phi) is 13.7. The van der Waals surface area contributed by atoms with Gasteiger partial charge in [0, 0.05) is 24.2 Å². The summed E-state index contributed by atoms with van der Waals surface area (Å²) in [7, 11) is 0. The highest BCUT2D eigenvalue weighted by Crippen LogP contribution is 2.16. The average Bonchev–Trinajstić information content (AvgIpc) is 2.78. The van der Waals surface area contributed by atoms with Crippen molar-refractivity contribution in [3.63, 3.8) is 0 Å². The minimum Gasteiger partial charge on any atom is -0.444 e.